The highest BCUT2D eigenvalue weighted by atomic mass is 19.1. The Morgan fingerprint density at radius 3 is 2.62 bits per heavy atom. The summed E-state index contributed by atoms with van der Waals surface area (Å²) in [5, 5.41) is 11.2. The molecular formula is C23H31FO5. The third-order valence-electron chi connectivity index (χ3n) is 8.84. The average molecular weight is 406 g/mol. The zero-order valence-corrected chi connectivity index (χ0v) is 17.5. The number of hydrogen-bond donors (Lipinski definition) is 1. The molecule has 0 saturated heterocycles. The van der Waals surface area contributed by atoms with Crippen LogP contribution in [0.1, 0.15) is 65.7 Å². The number of carbonyl (C=O) groups excluding carboxylic acids is 3. The van der Waals surface area contributed by atoms with Crippen LogP contribution in [0.25, 0.3) is 0 Å². The van der Waals surface area contributed by atoms with E-state index in [0.29, 0.717) is 32.1 Å². The summed E-state index contributed by atoms with van der Waals surface area (Å²) >= 11 is 0. The fourth-order valence-electron chi connectivity index (χ4n) is 7.37. The highest BCUT2D eigenvalue weighted by Crippen LogP contribution is 2.69. The molecule has 4 rings (SSSR count). The molecule has 3 saturated carbocycles. The Bertz CT molecular complexity index is 790. The molecule has 29 heavy (non-hydrogen) atoms. The van der Waals surface area contributed by atoms with E-state index in [1.165, 1.54) is 6.92 Å². The van der Waals surface area contributed by atoms with Crippen molar-refractivity contribution in [2.24, 2.45) is 28.6 Å². The molecule has 6 unspecified atom stereocenters. The fraction of sp³-hybridized carbons (Fsp3) is 0.783. The fourth-order valence-corrected chi connectivity index (χ4v) is 7.37. The standard InChI is InChI=1S/C23H31FO5/c1-13(25)29-12-19(27)18-7-6-16-17-5-4-14-10-15(26)8-9-22(14,3)23(17,24)20(28)11-21(16,18)2/h10,16-18,20,28H,4-9,11-12H2,1-3H3/t16?,17?,18?,20?,21?,22?,23-/m0/s1. The lowest BCUT2D eigenvalue weighted by Gasteiger charge is -2.62. The van der Waals surface area contributed by atoms with Crippen LogP contribution >= 0.6 is 0 Å². The number of fused-ring (bicyclic) bond motifs is 5. The Hall–Kier alpha value is -1.56. The number of ketones is 2. The van der Waals surface area contributed by atoms with Crippen molar-refractivity contribution in [3.63, 3.8) is 0 Å². The van der Waals surface area contributed by atoms with Gasteiger partial charge in [0, 0.05) is 30.6 Å². The number of allylic oxidation sites excluding steroid dienone is 1. The van der Waals surface area contributed by atoms with E-state index >= 15 is 4.39 Å². The van der Waals surface area contributed by atoms with Gasteiger partial charge >= 0.3 is 5.97 Å². The van der Waals surface area contributed by atoms with Crippen molar-refractivity contribution in [2.75, 3.05) is 6.61 Å². The van der Waals surface area contributed by atoms with E-state index in [0.717, 1.165) is 12.0 Å². The molecule has 0 aliphatic heterocycles. The van der Waals surface area contributed by atoms with Crippen molar-refractivity contribution in [1.29, 1.82) is 0 Å². The van der Waals surface area contributed by atoms with E-state index in [2.05, 4.69) is 0 Å². The number of halogens is 1. The normalized spacial score (nSPS) is 46.2. The lowest BCUT2D eigenvalue weighted by molar-refractivity contribution is -0.208. The summed E-state index contributed by atoms with van der Waals surface area (Å²) in [6.07, 6.45) is 4.04. The maximum Gasteiger partial charge on any atom is 0.303 e. The third-order valence-corrected chi connectivity index (χ3v) is 8.84. The van der Waals surface area contributed by atoms with Crippen molar-refractivity contribution >= 4 is 17.5 Å². The van der Waals surface area contributed by atoms with Crippen molar-refractivity contribution in [3.8, 4) is 0 Å². The Morgan fingerprint density at radius 1 is 1.21 bits per heavy atom. The van der Waals surface area contributed by atoms with Gasteiger partial charge in [-0.3, -0.25) is 14.4 Å². The number of Topliss-reactive ketones (excluding diaryl/α,β-unsaturated/α-hetero) is 1. The first-order valence-electron chi connectivity index (χ1n) is 10.8. The molecular weight excluding hydrogens is 375 g/mol. The minimum Gasteiger partial charge on any atom is -0.458 e. The van der Waals surface area contributed by atoms with Gasteiger partial charge in [0.15, 0.2) is 11.6 Å². The Morgan fingerprint density at radius 2 is 1.93 bits per heavy atom. The van der Waals surface area contributed by atoms with Crippen molar-refractivity contribution in [1.82, 2.24) is 0 Å². The second-order valence-electron chi connectivity index (χ2n) is 10.1. The van der Waals surface area contributed by atoms with E-state index in [4.69, 9.17) is 4.74 Å². The van der Waals surface area contributed by atoms with Crippen LogP contribution in [-0.4, -0.2) is 41.0 Å². The SMILES string of the molecule is CC(=O)OCC(=O)C1CCC2C3CCC4=CC(=O)CCC4(C)[C@@]3(F)C(O)CC12C. The van der Waals surface area contributed by atoms with Crippen LogP contribution in [0.15, 0.2) is 11.6 Å². The van der Waals surface area contributed by atoms with Gasteiger partial charge in [0.2, 0.25) is 0 Å². The Balaban J connectivity index is 1.66. The lowest BCUT2D eigenvalue weighted by Crippen LogP contribution is -2.67. The second-order valence-corrected chi connectivity index (χ2v) is 10.1. The molecule has 0 radical (unpaired) electrons. The Labute approximate surface area is 171 Å². The number of hydrogen-bond acceptors (Lipinski definition) is 5. The van der Waals surface area contributed by atoms with Gasteiger partial charge in [0.25, 0.3) is 0 Å². The summed E-state index contributed by atoms with van der Waals surface area (Å²) in [6, 6.07) is 0. The van der Waals surface area contributed by atoms with Crippen LogP contribution in [0.3, 0.4) is 0 Å². The van der Waals surface area contributed by atoms with Crippen LogP contribution in [0.4, 0.5) is 4.39 Å². The summed E-state index contributed by atoms with van der Waals surface area (Å²) in [5.74, 6) is -1.24. The van der Waals surface area contributed by atoms with E-state index in [1.54, 1.807) is 6.08 Å². The molecule has 160 valence electrons. The van der Waals surface area contributed by atoms with Gasteiger partial charge in [-0.15, -0.1) is 0 Å². The summed E-state index contributed by atoms with van der Waals surface area (Å²) in [4.78, 5) is 35.8. The van der Waals surface area contributed by atoms with Crippen LogP contribution in [-0.2, 0) is 19.1 Å². The minimum absolute atomic E-state index is 0.00168. The predicted molar refractivity (Wildman–Crippen MR) is 104 cm³/mol. The zero-order chi connectivity index (χ0) is 21.2. The maximum absolute atomic E-state index is 16.9. The molecule has 0 aromatic heterocycles. The quantitative estimate of drug-likeness (QED) is 0.727. The molecule has 0 aromatic carbocycles. The molecule has 0 bridgehead atoms. The zero-order valence-electron chi connectivity index (χ0n) is 17.5. The summed E-state index contributed by atoms with van der Waals surface area (Å²) in [6.45, 7) is 4.90. The molecule has 0 spiro atoms. The van der Waals surface area contributed by atoms with Gasteiger partial charge in [-0.1, -0.05) is 19.4 Å². The van der Waals surface area contributed by atoms with Gasteiger partial charge < -0.3 is 9.84 Å². The van der Waals surface area contributed by atoms with Crippen LogP contribution in [0.5, 0.6) is 0 Å². The first-order valence-corrected chi connectivity index (χ1v) is 10.8. The average Bonchev–Trinajstić information content (AvgIpc) is 2.98. The van der Waals surface area contributed by atoms with Gasteiger partial charge in [0.1, 0.15) is 12.3 Å². The van der Waals surface area contributed by atoms with E-state index in [1.807, 2.05) is 13.8 Å². The van der Waals surface area contributed by atoms with Crippen LogP contribution in [0.2, 0.25) is 0 Å². The summed E-state index contributed by atoms with van der Waals surface area (Å²) < 4.78 is 21.8. The van der Waals surface area contributed by atoms with Gasteiger partial charge in [-0.25, -0.2) is 4.39 Å². The molecule has 6 heteroatoms. The molecule has 5 nitrogen and oxygen atoms in total. The Kier molecular flexibility index (Phi) is 4.80. The highest BCUT2D eigenvalue weighted by Gasteiger charge is 2.71. The van der Waals surface area contributed by atoms with Crippen molar-refractivity contribution in [3.05, 3.63) is 11.6 Å². The van der Waals surface area contributed by atoms with Gasteiger partial charge in [-0.05, 0) is 55.9 Å². The molecule has 1 N–H and O–H groups in total. The molecule has 7 atom stereocenters. The molecule has 4 aliphatic rings. The number of alkyl halides is 1. The van der Waals surface area contributed by atoms with Crippen molar-refractivity contribution < 1.29 is 28.6 Å². The molecule has 3 fully saturated rings. The summed E-state index contributed by atoms with van der Waals surface area (Å²) in [7, 11) is 0. The molecule has 0 aromatic rings. The van der Waals surface area contributed by atoms with E-state index < -0.39 is 28.6 Å². The lowest BCUT2D eigenvalue weighted by atomic mass is 9.44. The number of rotatable bonds is 3. The number of aliphatic hydroxyl groups is 1. The van der Waals surface area contributed by atoms with E-state index in [9.17, 15) is 19.5 Å². The first kappa shape index (κ1) is 20.7. The number of esters is 1. The van der Waals surface area contributed by atoms with Crippen molar-refractivity contribution in [2.45, 2.75) is 77.5 Å². The monoisotopic (exact) mass is 406 g/mol. The minimum atomic E-state index is -1.78. The molecule has 0 heterocycles. The van der Waals surface area contributed by atoms with E-state index in [-0.39, 0.29) is 42.3 Å². The third kappa shape index (κ3) is 2.77. The predicted octanol–water partition coefficient (Wildman–Crippen LogP) is 3.33. The highest BCUT2D eigenvalue weighted by molar-refractivity contribution is 5.91. The number of carbonyl (C=O) groups is 3. The number of aliphatic hydroxyl groups excluding tert-OH is 1. The largest absolute Gasteiger partial charge is 0.458 e. The topological polar surface area (TPSA) is 80.7 Å². The molecule has 0 amide bonds. The smallest absolute Gasteiger partial charge is 0.303 e. The van der Waals surface area contributed by atoms with Gasteiger partial charge in [0.05, 0.1) is 6.10 Å². The van der Waals surface area contributed by atoms with Crippen LogP contribution in [0, 0.1) is 28.6 Å². The van der Waals surface area contributed by atoms with Gasteiger partial charge in [-0.2, -0.15) is 0 Å². The number of ether oxygens (including phenoxy) is 1. The summed E-state index contributed by atoms with van der Waals surface area (Å²) in [5.41, 5.74) is -2.27. The maximum atomic E-state index is 16.9. The second kappa shape index (κ2) is 6.73. The van der Waals surface area contributed by atoms with Crippen LogP contribution < -0.4 is 0 Å². The molecule has 4 aliphatic carbocycles. The first-order chi connectivity index (χ1) is 13.5.